The predicted octanol–water partition coefficient (Wildman–Crippen LogP) is 5.84. The highest BCUT2D eigenvalue weighted by Gasteiger charge is 2.52. The zero-order chi connectivity index (χ0) is 19.9. The van der Waals surface area contributed by atoms with Crippen molar-refractivity contribution in [1.82, 2.24) is 4.31 Å². The first-order valence-corrected chi connectivity index (χ1v) is 11.1. The Hall–Kier alpha value is -1.60. The molecule has 2 heterocycles. The lowest BCUT2D eigenvalue weighted by Crippen LogP contribution is -2.54. The number of amides is 1. The SMILES string of the molecule is O=C1CC(c2ccsc2)(c2cccc(Br)c2)N(S)C(=O)C1c1ccccc1Cl. The summed E-state index contributed by atoms with van der Waals surface area (Å²) in [6.45, 7) is 0. The first-order valence-electron chi connectivity index (χ1n) is 8.54. The van der Waals surface area contributed by atoms with Crippen molar-refractivity contribution in [2.75, 3.05) is 0 Å². The Kier molecular flexibility index (Phi) is 5.40. The van der Waals surface area contributed by atoms with Crippen LogP contribution in [0.15, 0.2) is 69.8 Å². The summed E-state index contributed by atoms with van der Waals surface area (Å²) in [6.07, 6.45) is 0.116. The van der Waals surface area contributed by atoms with Crippen LogP contribution >= 0.6 is 51.7 Å². The molecular weight excluding hydrogens is 478 g/mol. The monoisotopic (exact) mass is 491 g/mol. The summed E-state index contributed by atoms with van der Waals surface area (Å²) >= 11 is 15.9. The molecule has 0 radical (unpaired) electrons. The van der Waals surface area contributed by atoms with E-state index in [4.69, 9.17) is 11.6 Å². The van der Waals surface area contributed by atoms with E-state index in [0.29, 0.717) is 10.6 Å². The van der Waals surface area contributed by atoms with Gasteiger partial charge in [-0.25, -0.2) is 0 Å². The van der Waals surface area contributed by atoms with Gasteiger partial charge in [0.05, 0.1) is 0 Å². The van der Waals surface area contributed by atoms with E-state index in [1.54, 1.807) is 24.3 Å². The van der Waals surface area contributed by atoms with Gasteiger partial charge in [-0.1, -0.05) is 70.7 Å². The van der Waals surface area contributed by atoms with Crippen LogP contribution in [0.4, 0.5) is 0 Å². The minimum Gasteiger partial charge on any atom is -0.298 e. The molecule has 28 heavy (non-hydrogen) atoms. The van der Waals surface area contributed by atoms with Crippen molar-refractivity contribution in [2.45, 2.75) is 17.9 Å². The molecule has 0 N–H and O–H groups in total. The molecule has 142 valence electrons. The quantitative estimate of drug-likeness (QED) is 0.368. The normalized spacial score (nSPS) is 22.5. The summed E-state index contributed by atoms with van der Waals surface area (Å²) < 4.78 is 2.28. The number of halogens is 2. The van der Waals surface area contributed by atoms with Crippen molar-refractivity contribution >= 4 is 63.4 Å². The number of Topliss-reactive ketones (excluding diaryl/α,β-unsaturated/α-hetero) is 1. The fraction of sp³-hybridized carbons (Fsp3) is 0.143. The van der Waals surface area contributed by atoms with Crippen molar-refractivity contribution in [2.24, 2.45) is 0 Å². The molecule has 4 rings (SSSR count). The first-order chi connectivity index (χ1) is 13.4. The molecular formula is C21H15BrClNO2S2. The van der Waals surface area contributed by atoms with E-state index in [9.17, 15) is 9.59 Å². The maximum atomic E-state index is 13.4. The Morgan fingerprint density at radius 3 is 2.57 bits per heavy atom. The lowest BCUT2D eigenvalue weighted by Gasteiger charge is -2.46. The van der Waals surface area contributed by atoms with Crippen LogP contribution in [0.5, 0.6) is 0 Å². The van der Waals surface area contributed by atoms with Crippen LogP contribution in [-0.4, -0.2) is 16.0 Å². The van der Waals surface area contributed by atoms with E-state index < -0.39 is 11.5 Å². The van der Waals surface area contributed by atoms with Crippen LogP contribution < -0.4 is 0 Å². The molecule has 1 saturated heterocycles. The lowest BCUT2D eigenvalue weighted by atomic mass is 9.73. The van der Waals surface area contributed by atoms with Gasteiger partial charge >= 0.3 is 0 Å². The van der Waals surface area contributed by atoms with Crippen molar-refractivity contribution in [1.29, 1.82) is 0 Å². The number of rotatable bonds is 3. The summed E-state index contributed by atoms with van der Waals surface area (Å²) in [7, 11) is 0. The molecule has 3 nitrogen and oxygen atoms in total. The highest BCUT2D eigenvalue weighted by atomic mass is 79.9. The summed E-state index contributed by atoms with van der Waals surface area (Å²) in [5.74, 6) is -1.50. The zero-order valence-electron chi connectivity index (χ0n) is 14.5. The van der Waals surface area contributed by atoms with Crippen LogP contribution in [0, 0.1) is 0 Å². The molecule has 1 amide bonds. The standard InChI is InChI=1S/C21H15BrClNO2S2/c22-15-5-3-4-13(10-15)21(14-8-9-28-12-14)11-18(25)19(20(26)24(21)27)16-6-1-2-7-17(16)23/h1-10,12,19,27H,11H2. The van der Waals surface area contributed by atoms with Gasteiger partial charge in [0.1, 0.15) is 11.5 Å². The van der Waals surface area contributed by atoms with Gasteiger partial charge in [-0.3, -0.25) is 13.9 Å². The summed E-state index contributed by atoms with van der Waals surface area (Å²) in [4.78, 5) is 26.7. The van der Waals surface area contributed by atoms with Crippen molar-refractivity contribution in [3.05, 3.63) is 91.5 Å². The molecule has 2 unspecified atom stereocenters. The third kappa shape index (κ3) is 3.12. The molecule has 1 fully saturated rings. The number of ketones is 1. The second-order valence-corrected chi connectivity index (χ2v) is 9.13. The molecule has 0 bridgehead atoms. The molecule has 0 saturated carbocycles. The third-order valence-corrected chi connectivity index (χ3v) is 7.15. The average Bonchev–Trinajstić information content (AvgIpc) is 3.21. The Labute approximate surface area is 186 Å². The highest BCUT2D eigenvalue weighted by molar-refractivity contribution is 9.10. The van der Waals surface area contributed by atoms with E-state index in [1.165, 1.54) is 15.6 Å². The highest BCUT2D eigenvalue weighted by Crippen LogP contribution is 2.48. The minimum absolute atomic E-state index is 0.116. The average molecular weight is 493 g/mol. The number of carbonyl (C=O) groups is 2. The molecule has 2 aromatic carbocycles. The minimum atomic E-state index is -0.973. The fourth-order valence-electron chi connectivity index (χ4n) is 3.75. The Balaban J connectivity index is 1.88. The number of benzene rings is 2. The molecule has 0 aliphatic carbocycles. The largest absolute Gasteiger partial charge is 0.298 e. The third-order valence-electron chi connectivity index (χ3n) is 5.09. The van der Waals surface area contributed by atoms with Gasteiger partial charge in [0, 0.05) is 15.9 Å². The van der Waals surface area contributed by atoms with Gasteiger partial charge in [-0.05, 0) is 51.7 Å². The number of thiol groups is 1. The maximum Gasteiger partial charge on any atom is 0.248 e. The number of thiophene rings is 1. The number of carbonyl (C=O) groups excluding carboxylic acids is 2. The predicted molar refractivity (Wildman–Crippen MR) is 119 cm³/mol. The number of hydrogen-bond acceptors (Lipinski definition) is 4. The van der Waals surface area contributed by atoms with Crippen molar-refractivity contribution in [3.8, 4) is 0 Å². The smallest absolute Gasteiger partial charge is 0.248 e. The van der Waals surface area contributed by atoms with Crippen LogP contribution in [0.3, 0.4) is 0 Å². The van der Waals surface area contributed by atoms with Crippen LogP contribution in [0.25, 0.3) is 0 Å². The van der Waals surface area contributed by atoms with E-state index >= 15 is 0 Å². The van der Waals surface area contributed by atoms with Gasteiger partial charge in [-0.15, -0.1) is 0 Å². The van der Waals surface area contributed by atoms with Gasteiger partial charge in [0.15, 0.2) is 5.78 Å². The molecule has 1 aromatic heterocycles. The molecule has 3 aromatic rings. The first kappa shape index (κ1) is 19.7. The lowest BCUT2D eigenvalue weighted by molar-refractivity contribution is -0.142. The van der Waals surface area contributed by atoms with E-state index in [0.717, 1.165) is 15.6 Å². The van der Waals surface area contributed by atoms with Crippen LogP contribution in [0.2, 0.25) is 5.02 Å². The van der Waals surface area contributed by atoms with Crippen molar-refractivity contribution < 1.29 is 9.59 Å². The molecule has 2 atom stereocenters. The summed E-state index contributed by atoms with van der Waals surface area (Å²) in [5, 5.41) is 4.30. The van der Waals surface area contributed by atoms with Gasteiger partial charge in [0.25, 0.3) is 0 Å². The van der Waals surface area contributed by atoms with E-state index in [1.807, 2.05) is 41.1 Å². The summed E-state index contributed by atoms with van der Waals surface area (Å²) in [5.41, 5.74) is 1.24. The summed E-state index contributed by atoms with van der Waals surface area (Å²) in [6, 6.07) is 16.6. The molecule has 1 aliphatic rings. The Morgan fingerprint density at radius 2 is 1.89 bits per heavy atom. The number of nitrogens with zero attached hydrogens (tertiary/aromatic N) is 1. The number of piperidine rings is 1. The zero-order valence-corrected chi connectivity index (χ0v) is 18.6. The Bertz CT molecular complexity index is 1060. The van der Waals surface area contributed by atoms with E-state index in [2.05, 4.69) is 28.7 Å². The van der Waals surface area contributed by atoms with E-state index in [-0.39, 0.29) is 18.1 Å². The molecule has 1 aliphatic heterocycles. The van der Waals surface area contributed by atoms with Gasteiger partial charge in [0.2, 0.25) is 5.91 Å². The fourth-order valence-corrected chi connectivity index (χ4v) is 5.54. The van der Waals surface area contributed by atoms with Crippen LogP contribution in [-0.2, 0) is 15.1 Å². The second-order valence-electron chi connectivity index (χ2n) is 6.63. The second kappa shape index (κ2) is 7.67. The topological polar surface area (TPSA) is 37.4 Å². The Morgan fingerprint density at radius 1 is 1.11 bits per heavy atom. The number of hydrogen-bond donors (Lipinski definition) is 1. The van der Waals surface area contributed by atoms with Crippen molar-refractivity contribution in [3.63, 3.8) is 0 Å². The maximum absolute atomic E-state index is 13.4. The van der Waals surface area contributed by atoms with Crippen LogP contribution in [0.1, 0.15) is 29.0 Å². The van der Waals surface area contributed by atoms with Gasteiger partial charge in [-0.2, -0.15) is 11.3 Å². The molecule has 7 heteroatoms. The molecule has 0 spiro atoms. The van der Waals surface area contributed by atoms with Gasteiger partial charge < -0.3 is 0 Å².